The maximum Gasteiger partial charge on any atom is 0.487 e. The normalized spacial score (nSPS) is 10.4. The van der Waals surface area contributed by atoms with Crippen molar-refractivity contribution in [3.63, 3.8) is 0 Å². The number of carbonyl (C=O) groups excluding carboxylic acids is 1. The summed E-state index contributed by atoms with van der Waals surface area (Å²) in [6.45, 7) is 8.64. The number of hydrogen-bond donors (Lipinski definition) is 2. The van der Waals surface area contributed by atoms with Gasteiger partial charge in [0.15, 0.2) is 0 Å². The molecule has 0 fully saturated rings. The molecule has 0 spiro atoms. The van der Waals surface area contributed by atoms with Crippen molar-refractivity contribution in [1.82, 2.24) is 4.90 Å². The average Bonchev–Trinajstić information content (AvgIpc) is 2.19. The van der Waals surface area contributed by atoms with Crippen LogP contribution in [0.3, 0.4) is 0 Å². The molecule has 0 aromatic rings. The van der Waals surface area contributed by atoms with Gasteiger partial charge in [0.25, 0.3) is 0 Å². The van der Waals surface area contributed by atoms with Gasteiger partial charge in [0.2, 0.25) is 5.91 Å². The van der Waals surface area contributed by atoms with Crippen molar-refractivity contribution in [2.24, 2.45) is 0 Å². The molecule has 0 bridgehead atoms. The van der Waals surface area contributed by atoms with Crippen LogP contribution in [0, 0.1) is 0 Å². The zero-order valence-corrected chi connectivity index (χ0v) is 9.31. The Morgan fingerprint density at radius 3 is 2.33 bits per heavy atom. The average molecular weight is 211 g/mol. The lowest BCUT2D eigenvalue weighted by Crippen LogP contribution is -2.29. The molecule has 15 heavy (non-hydrogen) atoms. The highest BCUT2D eigenvalue weighted by Gasteiger charge is 2.09. The van der Waals surface area contributed by atoms with Gasteiger partial charge in [0.1, 0.15) is 0 Å². The van der Waals surface area contributed by atoms with Crippen molar-refractivity contribution in [2.75, 3.05) is 13.1 Å². The number of amides is 1. The van der Waals surface area contributed by atoms with Crippen LogP contribution in [0.5, 0.6) is 0 Å². The van der Waals surface area contributed by atoms with E-state index in [1.165, 1.54) is 6.08 Å². The van der Waals surface area contributed by atoms with Crippen molar-refractivity contribution < 1.29 is 14.8 Å². The second kappa shape index (κ2) is 7.26. The highest BCUT2D eigenvalue weighted by atomic mass is 16.4. The molecule has 0 aromatic carbocycles. The molecule has 0 saturated heterocycles. The van der Waals surface area contributed by atoms with Crippen LogP contribution in [-0.2, 0) is 4.79 Å². The molecule has 0 radical (unpaired) electrons. The monoisotopic (exact) mass is 211 g/mol. The summed E-state index contributed by atoms with van der Waals surface area (Å²) >= 11 is 0. The molecule has 0 aliphatic carbocycles. The van der Waals surface area contributed by atoms with Gasteiger partial charge in [-0.15, -0.1) is 0 Å². The third-order valence-electron chi connectivity index (χ3n) is 2.07. The third-order valence-corrected chi connectivity index (χ3v) is 2.07. The van der Waals surface area contributed by atoms with Gasteiger partial charge in [0, 0.05) is 19.5 Å². The Labute approximate surface area is 91.0 Å². The maximum atomic E-state index is 11.5. The number of carbonyl (C=O) groups is 1. The number of allylic oxidation sites excluding steroid dienone is 2. The van der Waals surface area contributed by atoms with Crippen LogP contribution in [0.2, 0.25) is 0 Å². The summed E-state index contributed by atoms with van der Waals surface area (Å²) in [6, 6.07) is 0. The zero-order valence-electron chi connectivity index (χ0n) is 9.31. The van der Waals surface area contributed by atoms with Crippen LogP contribution in [0.4, 0.5) is 0 Å². The van der Waals surface area contributed by atoms with Crippen LogP contribution in [0.1, 0.15) is 20.3 Å². The van der Waals surface area contributed by atoms with E-state index in [2.05, 4.69) is 6.58 Å². The fraction of sp³-hybridized carbons (Fsp3) is 0.500. The van der Waals surface area contributed by atoms with E-state index in [4.69, 9.17) is 10.0 Å². The molecule has 2 N–H and O–H groups in total. The molecule has 0 unspecified atom stereocenters. The van der Waals surface area contributed by atoms with Crippen LogP contribution in [0.25, 0.3) is 0 Å². The van der Waals surface area contributed by atoms with E-state index in [-0.39, 0.29) is 17.8 Å². The van der Waals surface area contributed by atoms with Crippen molar-refractivity contribution in [3.8, 4) is 0 Å². The van der Waals surface area contributed by atoms with E-state index in [1.807, 2.05) is 13.8 Å². The van der Waals surface area contributed by atoms with Crippen LogP contribution in [0.15, 0.2) is 24.2 Å². The van der Waals surface area contributed by atoms with Gasteiger partial charge in [0.05, 0.1) is 0 Å². The Morgan fingerprint density at radius 2 is 1.93 bits per heavy atom. The third kappa shape index (κ3) is 5.39. The quantitative estimate of drug-likeness (QED) is 0.492. The van der Waals surface area contributed by atoms with Gasteiger partial charge in [-0.25, -0.2) is 0 Å². The van der Waals surface area contributed by atoms with E-state index in [0.717, 1.165) is 0 Å². The minimum Gasteiger partial charge on any atom is -0.423 e. The predicted molar refractivity (Wildman–Crippen MR) is 61.0 cm³/mol. The second-order valence-electron chi connectivity index (χ2n) is 3.12. The topological polar surface area (TPSA) is 60.8 Å². The predicted octanol–water partition coefficient (Wildman–Crippen LogP) is 0.369. The van der Waals surface area contributed by atoms with Crippen molar-refractivity contribution in [3.05, 3.63) is 24.2 Å². The Balaban J connectivity index is 4.05. The second-order valence-corrected chi connectivity index (χ2v) is 3.12. The highest BCUT2D eigenvalue weighted by Crippen LogP contribution is 1.99. The van der Waals surface area contributed by atoms with Crippen LogP contribution < -0.4 is 0 Å². The molecule has 5 heteroatoms. The summed E-state index contributed by atoms with van der Waals surface area (Å²) in [5.74, 6) is 0.0245. The van der Waals surface area contributed by atoms with Gasteiger partial charge in [-0.1, -0.05) is 18.7 Å². The molecule has 4 nitrogen and oxygen atoms in total. The molecule has 84 valence electrons. The van der Waals surface area contributed by atoms with Crippen molar-refractivity contribution >= 4 is 13.0 Å². The van der Waals surface area contributed by atoms with Gasteiger partial charge in [-0.2, -0.15) is 0 Å². The molecule has 0 aliphatic rings. The number of hydrogen-bond acceptors (Lipinski definition) is 3. The van der Waals surface area contributed by atoms with Gasteiger partial charge in [-0.3, -0.25) is 4.79 Å². The first-order chi connectivity index (χ1) is 7.02. The zero-order chi connectivity index (χ0) is 11.8. The summed E-state index contributed by atoms with van der Waals surface area (Å²) in [5, 5.41) is 17.4. The summed E-state index contributed by atoms with van der Waals surface area (Å²) < 4.78 is 0. The first-order valence-electron chi connectivity index (χ1n) is 5.02. The SMILES string of the molecule is C=C(C=CCC(=O)N(CC)CC)B(O)O. The standard InChI is InChI=1S/C10H18BNO3/c1-4-12(5-2)10(13)8-6-7-9(3)11(14)15/h6-7,14-15H,3-5,8H2,1-2H3. The first kappa shape index (κ1) is 13.9. The first-order valence-corrected chi connectivity index (χ1v) is 5.02. The lowest BCUT2D eigenvalue weighted by Gasteiger charge is -2.17. The summed E-state index contributed by atoms with van der Waals surface area (Å²) in [5.41, 5.74) is 0.183. The Kier molecular flexibility index (Phi) is 6.74. The smallest absolute Gasteiger partial charge is 0.423 e. The minimum absolute atomic E-state index is 0.0245. The Hall–Kier alpha value is -1.07. The lowest BCUT2D eigenvalue weighted by molar-refractivity contribution is -0.129. The van der Waals surface area contributed by atoms with E-state index in [0.29, 0.717) is 13.1 Å². The molecule has 0 saturated carbocycles. The molecular weight excluding hydrogens is 193 g/mol. The maximum absolute atomic E-state index is 11.5. The van der Waals surface area contributed by atoms with Gasteiger partial charge in [-0.05, 0) is 19.3 Å². The summed E-state index contributed by atoms with van der Waals surface area (Å²) in [6.07, 6.45) is 3.29. The van der Waals surface area contributed by atoms with Crippen molar-refractivity contribution in [1.29, 1.82) is 0 Å². The highest BCUT2D eigenvalue weighted by molar-refractivity contribution is 6.51. The molecule has 0 atom stereocenters. The summed E-state index contributed by atoms with van der Waals surface area (Å²) in [4.78, 5) is 13.2. The van der Waals surface area contributed by atoms with Gasteiger partial charge < -0.3 is 14.9 Å². The molecule has 0 aromatic heterocycles. The number of rotatable bonds is 6. The van der Waals surface area contributed by atoms with Crippen LogP contribution >= 0.6 is 0 Å². The molecule has 0 rings (SSSR count). The summed E-state index contributed by atoms with van der Waals surface area (Å²) in [7, 11) is -1.55. The lowest BCUT2D eigenvalue weighted by atomic mass is 9.80. The van der Waals surface area contributed by atoms with E-state index < -0.39 is 7.12 Å². The fourth-order valence-corrected chi connectivity index (χ4v) is 1.10. The van der Waals surface area contributed by atoms with Crippen LogP contribution in [-0.4, -0.2) is 41.1 Å². The molecular formula is C10H18BNO3. The van der Waals surface area contributed by atoms with Crippen molar-refractivity contribution in [2.45, 2.75) is 20.3 Å². The fourth-order valence-electron chi connectivity index (χ4n) is 1.10. The van der Waals surface area contributed by atoms with E-state index in [9.17, 15) is 4.79 Å². The number of nitrogens with zero attached hydrogens (tertiary/aromatic N) is 1. The Bertz CT molecular complexity index is 247. The largest absolute Gasteiger partial charge is 0.487 e. The van der Waals surface area contributed by atoms with E-state index >= 15 is 0 Å². The molecule has 0 aliphatic heterocycles. The van der Waals surface area contributed by atoms with Gasteiger partial charge >= 0.3 is 7.12 Å². The molecule has 0 heterocycles. The Morgan fingerprint density at radius 1 is 1.40 bits per heavy atom. The van der Waals surface area contributed by atoms with E-state index in [1.54, 1.807) is 11.0 Å². The molecule has 1 amide bonds. The minimum atomic E-state index is -1.55.